The Labute approximate surface area is 140 Å². The highest BCUT2D eigenvalue weighted by Gasteiger charge is 2.17. The van der Waals surface area contributed by atoms with Crippen LogP contribution >= 0.6 is 23.2 Å². The van der Waals surface area contributed by atoms with Crippen LogP contribution in [0.25, 0.3) is 0 Å². The molecule has 1 aromatic carbocycles. The Balaban J connectivity index is 1.75. The average Bonchev–Trinajstić information content (AvgIpc) is 2.51. The molecule has 22 heavy (non-hydrogen) atoms. The van der Waals surface area contributed by atoms with Crippen molar-refractivity contribution in [3.63, 3.8) is 0 Å². The van der Waals surface area contributed by atoms with Crippen molar-refractivity contribution < 1.29 is 9.59 Å². The first-order chi connectivity index (χ1) is 10.6. The van der Waals surface area contributed by atoms with Gasteiger partial charge in [0.1, 0.15) is 0 Å². The van der Waals surface area contributed by atoms with Crippen LogP contribution in [0.15, 0.2) is 18.2 Å². The van der Waals surface area contributed by atoms with Gasteiger partial charge in [-0.15, -0.1) is 0 Å². The standard InChI is InChI=1S/C16H20Cl2N2O2/c17-12-6-7-14(13(18)10-12)20-16(22)15(21)19-9-8-11-4-2-1-3-5-11/h6-7,10-11H,1-5,8-9H2,(H,19,21)(H,20,22). The average molecular weight is 343 g/mol. The monoisotopic (exact) mass is 342 g/mol. The van der Waals surface area contributed by atoms with Gasteiger partial charge in [0.05, 0.1) is 10.7 Å². The molecule has 1 saturated carbocycles. The fourth-order valence-electron chi connectivity index (χ4n) is 2.72. The maximum atomic E-state index is 11.8. The normalized spacial score (nSPS) is 15.4. The van der Waals surface area contributed by atoms with E-state index in [0.29, 0.717) is 28.2 Å². The molecule has 1 aliphatic carbocycles. The molecule has 1 aliphatic rings. The van der Waals surface area contributed by atoms with Gasteiger partial charge in [-0.1, -0.05) is 55.3 Å². The summed E-state index contributed by atoms with van der Waals surface area (Å²) in [6.07, 6.45) is 7.24. The van der Waals surface area contributed by atoms with Crippen molar-refractivity contribution in [3.8, 4) is 0 Å². The predicted molar refractivity (Wildman–Crippen MR) is 89.3 cm³/mol. The highest BCUT2D eigenvalue weighted by Crippen LogP contribution is 2.26. The van der Waals surface area contributed by atoms with E-state index in [1.165, 1.54) is 38.2 Å². The summed E-state index contributed by atoms with van der Waals surface area (Å²) in [4.78, 5) is 23.6. The SMILES string of the molecule is O=C(NCCC1CCCCC1)C(=O)Nc1ccc(Cl)cc1Cl. The van der Waals surface area contributed by atoms with Gasteiger partial charge in [-0.2, -0.15) is 0 Å². The first-order valence-corrected chi connectivity index (χ1v) is 8.36. The van der Waals surface area contributed by atoms with Crippen LogP contribution in [0.3, 0.4) is 0 Å². The lowest BCUT2D eigenvalue weighted by atomic mass is 9.87. The van der Waals surface area contributed by atoms with Crippen molar-refractivity contribution in [1.82, 2.24) is 5.32 Å². The molecular formula is C16H20Cl2N2O2. The van der Waals surface area contributed by atoms with Crippen molar-refractivity contribution in [1.29, 1.82) is 0 Å². The van der Waals surface area contributed by atoms with Crippen molar-refractivity contribution in [2.75, 3.05) is 11.9 Å². The van der Waals surface area contributed by atoms with Crippen LogP contribution in [0.4, 0.5) is 5.69 Å². The molecule has 0 heterocycles. The lowest BCUT2D eigenvalue weighted by Gasteiger charge is -2.21. The van der Waals surface area contributed by atoms with Gasteiger partial charge >= 0.3 is 11.8 Å². The Kier molecular flexibility index (Phi) is 6.52. The number of rotatable bonds is 4. The van der Waals surface area contributed by atoms with E-state index in [9.17, 15) is 9.59 Å². The van der Waals surface area contributed by atoms with Crippen LogP contribution in [0.1, 0.15) is 38.5 Å². The minimum absolute atomic E-state index is 0.302. The molecule has 2 amide bonds. The lowest BCUT2D eigenvalue weighted by Crippen LogP contribution is -2.36. The van der Waals surface area contributed by atoms with Gasteiger partial charge in [-0.3, -0.25) is 9.59 Å². The summed E-state index contributed by atoms with van der Waals surface area (Å²) in [5.74, 6) is -0.683. The molecule has 6 heteroatoms. The number of anilines is 1. The zero-order chi connectivity index (χ0) is 15.9. The second-order valence-corrected chi connectivity index (χ2v) is 6.47. The van der Waals surface area contributed by atoms with Gasteiger partial charge in [0.25, 0.3) is 0 Å². The largest absolute Gasteiger partial charge is 0.348 e. The van der Waals surface area contributed by atoms with Gasteiger partial charge in [0.15, 0.2) is 0 Å². The minimum atomic E-state index is -0.715. The van der Waals surface area contributed by atoms with E-state index in [4.69, 9.17) is 23.2 Å². The molecule has 0 unspecified atom stereocenters. The highest BCUT2D eigenvalue weighted by atomic mass is 35.5. The summed E-state index contributed by atoms with van der Waals surface area (Å²) in [7, 11) is 0. The minimum Gasteiger partial charge on any atom is -0.348 e. The molecule has 2 N–H and O–H groups in total. The van der Waals surface area contributed by atoms with Crippen LogP contribution in [-0.4, -0.2) is 18.4 Å². The summed E-state index contributed by atoms with van der Waals surface area (Å²) in [6.45, 7) is 0.533. The zero-order valence-corrected chi connectivity index (χ0v) is 13.8. The number of hydrogen-bond acceptors (Lipinski definition) is 2. The fourth-order valence-corrected chi connectivity index (χ4v) is 3.17. The molecule has 0 radical (unpaired) electrons. The molecule has 0 aromatic heterocycles. The molecule has 1 aromatic rings. The van der Waals surface area contributed by atoms with E-state index in [1.807, 2.05) is 0 Å². The first-order valence-electron chi connectivity index (χ1n) is 7.60. The van der Waals surface area contributed by atoms with Crippen molar-refractivity contribution in [2.24, 2.45) is 5.92 Å². The maximum Gasteiger partial charge on any atom is 0.313 e. The number of amides is 2. The van der Waals surface area contributed by atoms with Gasteiger partial charge in [-0.25, -0.2) is 0 Å². The van der Waals surface area contributed by atoms with Gasteiger partial charge in [-0.05, 0) is 30.5 Å². The van der Waals surface area contributed by atoms with E-state index >= 15 is 0 Å². The molecule has 0 spiro atoms. The third-order valence-electron chi connectivity index (χ3n) is 3.95. The van der Waals surface area contributed by atoms with Gasteiger partial charge in [0, 0.05) is 11.6 Å². The van der Waals surface area contributed by atoms with E-state index in [0.717, 1.165) is 6.42 Å². The van der Waals surface area contributed by atoms with Crippen LogP contribution in [0.5, 0.6) is 0 Å². The number of carbonyl (C=O) groups excluding carboxylic acids is 2. The molecule has 0 atom stereocenters. The quantitative estimate of drug-likeness (QED) is 0.812. The molecule has 4 nitrogen and oxygen atoms in total. The Morgan fingerprint density at radius 3 is 2.50 bits per heavy atom. The zero-order valence-electron chi connectivity index (χ0n) is 12.3. The summed E-state index contributed by atoms with van der Waals surface area (Å²) >= 11 is 11.7. The number of benzene rings is 1. The Morgan fingerprint density at radius 2 is 1.82 bits per heavy atom. The summed E-state index contributed by atoms with van der Waals surface area (Å²) in [5.41, 5.74) is 0.374. The van der Waals surface area contributed by atoms with Crippen molar-refractivity contribution in [3.05, 3.63) is 28.2 Å². The summed E-state index contributed by atoms with van der Waals surface area (Å²) < 4.78 is 0. The Hall–Kier alpha value is -1.26. The number of carbonyl (C=O) groups is 2. The van der Waals surface area contributed by atoms with Gasteiger partial charge < -0.3 is 10.6 Å². The Bertz CT molecular complexity index is 543. The van der Waals surface area contributed by atoms with E-state index < -0.39 is 11.8 Å². The number of halogens is 2. The molecular weight excluding hydrogens is 323 g/mol. The van der Waals surface area contributed by atoms with Crippen LogP contribution in [0, 0.1) is 5.92 Å². The molecule has 2 rings (SSSR count). The summed E-state index contributed by atoms with van der Waals surface area (Å²) in [5, 5.41) is 5.92. The van der Waals surface area contributed by atoms with Crippen LogP contribution < -0.4 is 10.6 Å². The summed E-state index contributed by atoms with van der Waals surface area (Å²) in [6, 6.07) is 4.68. The predicted octanol–water partition coefficient (Wildman–Crippen LogP) is 4.02. The topological polar surface area (TPSA) is 58.2 Å². The fraction of sp³-hybridized carbons (Fsp3) is 0.500. The second kappa shape index (κ2) is 8.39. The molecule has 0 bridgehead atoms. The highest BCUT2D eigenvalue weighted by molar-refractivity contribution is 6.42. The number of nitrogens with one attached hydrogen (secondary N) is 2. The molecule has 0 aliphatic heterocycles. The Morgan fingerprint density at radius 1 is 1.09 bits per heavy atom. The van der Waals surface area contributed by atoms with Crippen molar-refractivity contribution in [2.45, 2.75) is 38.5 Å². The van der Waals surface area contributed by atoms with E-state index in [-0.39, 0.29) is 0 Å². The van der Waals surface area contributed by atoms with Crippen LogP contribution in [0.2, 0.25) is 10.0 Å². The lowest BCUT2D eigenvalue weighted by molar-refractivity contribution is -0.136. The molecule has 1 fully saturated rings. The third-order valence-corrected chi connectivity index (χ3v) is 4.50. The van der Waals surface area contributed by atoms with Crippen molar-refractivity contribution >= 4 is 40.7 Å². The third kappa shape index (κ3) is 5.18. The molecule has 0 saturated heterocycles. The van der Waals surface area contributed by atoms with Crippen LogP contribution in [-0.2, 0) is 9.59 Å². The maximum absolute atomic E-state index is 11.8. The first kappa shape index (κ1) is 17.1. The molecule has 120 valence electrons. The van der Waals surface area contributed by atoms with Gasteiger partial charge in [0.2, 0.25) is 0 Å². The number of hydrogen-bond donors (Lipinski definition) is 2. The van der Waals surface area contributed by atoms with E-state index in [1.54, 1.807) is 12.1 Å². The second-order valence-electron chi connectivity index (χ2n) is 5.63. The smallest absolute Gasteiger partial charge is 0.313 e. The van der Waals surface area contributed by atoms with E-state index in [2.05, 4.69) is 10.6 Å².